The molecule has 28 heavy (non-hydrogen) atoms. The lowest BCUT2D eigenvalue weighted by atomic mass is 10.1. The highest BCUT2D eigenvalue weighted by Gasteiger charge is 2.32. The molecule has 2 amide bonds. The second-order valence-electron chi connectivity index (χ2n) is 7.02. The number of para-hydroxylation sites is 1. The first kappa shape index (κ1) is 20.1. The Balaban J connectivity index is 1.70. The molecule has 0 radical (unpaired) electrons. The smallest absolute Gasteiger partial charge is 0.240 e. The molecule has 146 valence electrons. The van der Waals surface area contributed by atoms with Crippen LogP contribution in [0.5, 0.6) is 0 Å². The van der Waals surface area contributed by atoms with Crippen LogP contribution in [0.4, 0.5) is 11.4 Å². The second-order valence-corrected chi connectivity index (χ2v) is 8.21. The Morgan fingerprint density at radius 3 is 2.71 bits per heavy atom. The van der Waals surface area contributed by atoms with Crippen molar-refractivity contribution in [2.75, 3.05) is 5.32 Å². The van der Waals surface area contributed by atoms with Gasteiger partial charge in [0.25, 0.3) is 0 Å². The molecule has 2 aromatic rings. The van der Waals surface area contributed by atoms with E-state index in [1.807, 2.05) is 57.2 Å². The highest BCUT2D eigenvalue weighted by Crippen LogP contribution is 2.30. The summed E-state index contributed by atoms with van der Waals surface area (Å²) in [6.07, 6.45) is 0.978. The van der Waals surface area contributed by atoms with Crippen LogP contribution in [-0.4, -0.2) is 22.2 Å². The quantitative estimate of drug-likeness (QED) is 0.787. The molecule has 1 atom stereocenters. The van der Waals surface area contributed by atoms with Crippen molar-refractivity contribution in [2.24, 2.45) is 4.99 Å². The lowest BCUT2D eigenvalue weighted by molar-refractivity contribution is -0.122. The van der Waals surface area contributed by atoms with E-state index in [1.54, 1.807) is 0 Å². The predicted molar refractivity (Wildman–Crippen MR) is 116 cm³/mol. The van der Waals surface area contributed by atoms with Crippen molar-refractivity contribution in [3.63, 3.8) is 0 Å². The predicted octanol–water partition coefficient (Wildman–Crippen LogP) is 4.42. The van der Waals surface area contributed by atoms with Gasteiger partial charge in [-0.05, 0) is 55.5 Å². The molecule has 3 rings (SSSR count). The van der Waals surface area contributed by atoms with E-state index in [-0.39, 0.29) is 18.2 Å². The first-order valence-corrected chi connectivity index (χ1v) is 10.3. The number of hydrogen-bond acceptors (Lipinski definition) is 4. The number of hydrogen-bond donors (Lipinski definition) is 2. The molecule has 6 heteroatoms. The van der Waals surface area contributed by atoms with E-state index in [9.17, 15) is 9.59 Å². The van der Waals surface area contributed by atoms with Crippen molar-refractivity contribution in [3.05, 3.63) is 58.7 Å². The number of rotatable bonds is 5. The number of nitrogens with one attached hydrogen (secondary N) is 2. The number of benzene rings is 2. The van der Waals surface area contributed by atoms with Gasteiger partial charge in [-0.3, -0.25) is 9.59 Å². The van der Waals surface area contributed by atoms with Crippen LogP contribution in [0.2, 0.25) is 0 Å². The molecule has 5 nitrogen and oxygen atoms in total. The van der Waals surface area contributed by atoms with Crippen LogP contribution >= 0.6 is 11.8 Å². The van der Waals surface area contributed by atoms with E-state index in [2.05, 4.69) is 22.5 Å². The van der Waals surface area contributed by atoms with Crippen LogP contribution in [0, 0.1) is 20.8 Å². The standard InChI is InChI=1S/C22H25N3O2S/c1-5-16-8-6-7-15(4)20(16)24-22-25-21(27)18(28-22)12-19(26)23-17-11-13(2)9-10-14(17)3/h6-11,18H,5,12H2,1-4H3,(H,23,26)(H,24,25,27)/t18-/m0/s1. The molecule has 1 saturated heterocycles. The van der Waals surface area contributed by atoms with E-state index in [0.717, 1.165) is 40.0 Å². The third-order valence-electron chi connectivity index (χ3n) is 4.73. The third kappa shape index (κ3) is 4.62. The normalized spacial score (nSPS) is 17.6. The summed E-state index contributed by atoms with van der Waals surface area (Å²) >= 11 is 1.32. The molecule has 1 fully saturated rings. The zero-order valence-corrected chi connectivity index (χ0v) is 17.4. The molecular formula is C22H25N3O2S. The van der Waals surface area contributed by atoms with Crippen molar-refractivity contribution >= 4 is 40.1 Å². The largest absolute Gasteiger partial charge is 0.326 e. The fourth-order valence-corrected chi connectivity index (χ4v) is 4.07. The number of carbonyl (C=O) groups excluding carboxylic acids is 2. The summed E-state index contributed by atoms with van der Waals surface area (Å²) in [5.41, 5.74) is 5.96. The molecule has 0 bridgehead atoms. The highest BCUT2D eigenvalue weighted by atomic mass is 32.2. The number of aliphatic imine (C=N–C) groups is 1. The van der Waals surface area contributed by atoms with Crippen molar-refractivity contribution in [1.29, 1.82) is 0 Å². The van der Waals surface area contributed by atoms with Gasteiger partial charge in [0.05, 0.1) is 5.69 Å². The van der Waals surface area contributed by atoms with Gasteiger partial charge in [0.15, 0.2) is 5.17 Å². The van der Waals surface area contributed by atoms with Gasteiger partial charge in [-0.2, -0.15) is 0 Å². The maximum atomic E-state index is 12.5. The molecule has 0 saturated carbocycles. The minimum Gasteiger partial charge on any atom is -0.326 e. The van der Waals surface area contributed by atoms with Crippen molar-refractivity contribution in [2.45, 2.75) is 45.8 Å². The first-order chi connectivity index (χ1) is 13.4. The van der Waals surface area contributed by atoms with E-state index < -0.39 is 5.25 Å². The van der Waals surface area contributed by atoms with Gasteiger partial charge in [-0.25, -0.2) is 4.99 Å². The maximum Gasteiger partial charge on any atom is 0.240 e. The number of amides is 2. The van der Waals surface area contributed by atoms with Crippen LogP contribution < -0.4 is 10.6 Å². The van der Waals surface area contributed by atoms with Gasteiger partial charge in [-0.1, -0.05) is 49.0 Å². The molecule has 1 aliphatic rings. The van der Waals surface area contributed by atoms with E-state index in [4.69, 9.17) is 0 Å². The summed E-state index contributed by atoms with van der Waals surface area (Å²) in [7, 11) is 0. The molecule has 0 aliphatic carbocycles. The van der Waals surface area contributed by atoms with Gasteiger partial charge in [0, 0.05) is 12.1 Å². The van der Waals surface area contributed by atoms with Crippen LogP contribution in [0.1, 0.15) is 35.6 Å². The zero-order valence-electron chi connectivity index (χ0n) is 16.6. The Hall–Kier alpha value is -2.60. The maximum absolute atomic E-state index is 12.5. The summed E-state index contributed by atoms with van der Waals surface area (Å²) < 4.78 is 0. The Labute approximate surface area is 170 Å². The molecule has 0 spiro atoms. The molecule has 2 N–H and O–H groups in total. The Morgan fingerprint density at radius 2 is 1.96 bits per heavy atom. The van der Waals surface area contributed by atoms with Crippen molar-refractivity contribution in [3.8, 4) is 0 Å². The molecular weight excluding hydrogens is 370 g/mol. The summed E-state index contributed by atoms with van der Waals surface area (Å²) in [6, 6.07) is 12.0. The van der Waals surface area contributed by atoms with E-state index in [0.29, 0.717) is 5.17 Å². The Bertz CT molecular complexity index is 953. The summed E-state index contributed by atoms with van der Waals surface area (Å²) in [5.74, 6) is -0.348. The minimum atomic E-state index is -0.474. The number of amidine groups is 1. The fraction of sp³-hybridized carbons (Fsp3) is 0.318. The fourth-order valence-electron chi connectivity index (χ4n) is 3.10. The first-order valence-electron chi connectivity index (χ1n) is 9.39. The van der Waals surface area contributed by atoms with Crippen LogP contribution in [0.3, 0.4) is 0 Å². The van der Waals surface area contributed by atoms with Gasteiger partial charge in [-0.15, -0.1) is 0 Å². The third-order valence-corrected chi connectivity index (χ3v) is 5.81. The Morgan fingerprint density at radius 1 is 1.18 bits per heavy atom. The van der Waals surface area contributed by atoms with Gasteiger partial charge >= 0.3 is 0 Å². The van der Waals surface area contributed by atoms with Crippen LogP contribution in [-0.2, 0) is 16.0 Å². The van der Waals surface area contributed by atoms with Crippen LogP contribution in [0.25, 0.3) is 0 Å². The monoisotopic (exact) mass is 395 g/mol. The Kier molecular flexibility index (Phi) is 6.19. The molecule has 1 heterocycles. The van der Waals surface area contributed by atoms with Gasteiger partial charge < -0.3 is 10.6 Å². The number of nitrogens with zero attached hydrogens (tertiary/aromatic N) is 1. The van der Waals surface area contributed by atoms with Crippen LogP contribution in [0.15, 0.2) is 41.4 Å². The van der Waals surface area contributed by atoms with Crippen molar-refractivity contribution in [1.82, 2.24) is 5.32 Å². The minimum absolute atomic E-state index is 0.108. The zero-order chi connectivity index (χ0) is 20.3. The number of carbonyl (C=O) groups is 2. The number of anilines is 1. The van der Waals surface area contributed by atoms with E-state index >= 15 is 0 Å². The van der Waals surface area contributed by atoms with Crippen molar-refractivity contribution < 1.29 is 9.59 Å². The summed E-state index contributed by atoms with van der Waals surface area (Å²) in [4.78, 5) is 29.4. The summed E-state index contributed by atoms with van der Waals surface area (Å²) in [5, 5.41) is 5.81. The molecule has 2 aromatic carbocycles. The topological polar surface area (TPSA) is 70.6 Å². The van der Waals surface area contributed by atoms with Gasteiger partial charge in [0.1, 0.15) is 5.25 Å². The van der Waals surface area contributed by atoms with Gasteiger partial charge in [0.2, 0.25) is 11.8 Å². The second kappa shape index (κ2) is 8.61. The number of aryl methyl sites for hydroxylation is 4. The molecule has 0 aromatic heterocycles. The highest BCUT2D eigenvalue weighted by molar-refractivity contribution is 8.15. The molecule has 0 unspecified atom stereocenters. The van der Waals surface area contributed by atoms with E-state index in [1.165, 1.54) is 11.8 Å². The SMILES string of the molecule is CCc1cccc(C)c1N=C1NC(=O)[C@H](CC(=O)Nc2cc(C)ccc2C)S1. The lowest BCUT2D eigenvalue weighted by Crippen LogP contribution is -2.28. The number of thioether (sulfide) groups is 1. The molecule has 1 aliphatic heterocycles. The summed E-state index contributed by atoms with van der Waals surface area (Å²) in [6.45, 7) is 8.02. The lowest BCUT2D eigenvalue weighted by Gasteiger charge is -2.10. The average Bonchev–Trinajstić information content (AvgIpc) is 2.99. The average molecular weight is 396 g/mol.